The van der Waals surface area contributed by atoms with Crippen LogP contribution in [0.15, 0.2) is 66.9 Å². The third-order valence-corrected chi connectivity index (χ3v) is 4.31. The number of pyridine rings is 1. The van der Waals surface area contributed by atoms with Crippen molar-refractivity contribution in [3.05, 3.63) is 88.1 Å². The molecule has 0 aliphatic carbocycles. The summed E-state index contributed by atoms with van der Waals surface area (Å²) in [7, 11) is 0. The van der Waals surface area contributed by atoms with Crippen molar-refractivity contribution in [1.82, 2.24) is 4.98 Å². The minimum absolute atomic E-state index is 0.0245. The summed E-state index contributed by atoms with van der Waals surface area (Å²) >= 11 is 0. The maximum absolute atomic E-state index is 10.7. The van der Waals surface area contributed by atoms with Crippen LogP contribution in [0.3, 0.4) is 0 Å². The quantitative estimate of drug-likeness (QED) is 0.498. The Morgan fingerprint density at radius 2 is 1.96 bits per heavy atom. The van der Waals surface area contributed by atoms with E-state index in [2.05, 4.69) is 17.1 Å². The van der Waals surface area contributed by atoms with Crippen LogP contribution in [-0.4, -0.2) is 9.91 Å². The second-order valence-corrected chi connectivity index (χ2v) is 6.04. The lowest BCUT2D eigenvalue weighted by Crippen LogP contribution is -2.15. The predicted molar refractivity (Wildman–Crippen MR) is 95.5 cm³/mol. The molecule has 1 aliphatic heterocycles. The van der Waals surface area contributed by atoms with Crippen LogP contribution in [0.5, 0.6) is 17.4 Å². The Morgan fingerprint density at radius 3 is 2.69 bits per heavy atom. The smallest absolute Gasteiger partial charge is 0.287 e. The summed E-state index contributed by atoms with van der Waals surface area (Å²) in [4.78, 5) is 14.2. The molecular weight excluding hydrogens is 332 g/mol. The molecule has 1 atom stereocenters. The molecule has 2 aromatic carbocycles. The van der Waals surface area contributed by atoms with Crippen molar-refractivity contribution in [1.29, 1.82) is 0 Å². The van der Waals surface area contributed by atoms with Gasteiger partial charge in [-0.25, -0.2) is 4.98 Å². The molecule has 0 saturated carbocycles. The lowest BCUT2D eigenvalue weighted by molar-refractivity contribution is -0.385. The van der Waals surface area contributed by atoms with Crippen LogP contribution in [0.4, 0.5) is 5.69 Å². The number of nitrogens with zero attached hydrogens (tertiary/aromatic N) is 2. The molecule has 0 saturated heterocycles. The number of fused-ring (bicyclic) bond motifs is 1. The van der Waals surface area contributed by atoms with Gasteiger partial charge >= 0.3 is 0 Å². The first-order valence-electron chi connectivity index (χ1n) is 8.32. The van der Waals surface area contributed by atoms with Crippen molar-refractivity contribution in [2.45, 2.75) is 18.9 Å². The molecule has 0 amide bonds. The fraction of sp³-hybridized carbons (Fsp3) is 0.150. The summed E-state index contributed by atoms with van der Waals surface area (Å²) in [5.74, 6) is 1.68. The fourth-order valence-corrected chi connectivity index (χ4v) is 2.98. The van der Waals surface area contributed by atoms with Crippen molar-refractivity contribution < 1.29 is 14.4 Å². The van der Waals surface area contributed by atoms with Gasteiger partial charge in [0.05, 0.1) is 4.92 Å². The van der Waals surface area contributed by atoms with E-state index in [1.54, 1.807) is 0 Å². The van der Waals surface area contributed by atoms with Gasteiger partial charge < -0.3 is 9.47 Å². The maximum Gasteiger partial charge on any atom is 0.287 e. The van der Waals surface area contributed by atoms with Crippen molar-refractivity contribution in [2.75, 3.05) is 0 Å². The van der Waals surface area contributed by atoms with Crippen molar-refractivity contribution in [3.8, 4) is 17.4 Å². The molecular formula is C20H16N2O4. The summed E-state index contributed by atoms with van der Waals surface area (Å²) in [6, 6.07) is 18.7. The number of benzene rings is 2. The highest BCUT2D eigenvalue weighted by Gasteiger charge is 2.21. The lowest BCUT2D eigenvalue weighted by Gasteiger charge is -2.26. The Labute approximate surface area is 150 Å². The van der Waals surface area contributed by atoms with E-state index < -0.39 is 4.92 Å². The van der Waals surface area contributed by atoms with Crippen LogP contribution < -0.4 is 9.47 Å². The molecule has 0 fully saturated rings. The topological polar surface area (TPSA) is 74.5 Å². The first-order chi connectivity index (χ1) is 12.7. The minimum Gasteiger partial charge on any atom is -0.485 e. The average Bonchev–Trinajstić information content (AvgIpc) is 2.68. The van der Waals surface area contributed by atoms with Crippen molar-refractivity contribution >= 4 is 5.69 Å². The molecule has 130 valence electrons. The van der Waals surface area contributed by atoms with E-state index in [4.69, 9.17) is 9.47 Å². The second-order valence-electron chi connectivity index (χ2n) is 6.04. The van der Waals surface area contributed by atoms with E-state index in [9.17, 15) is 10.1 Å². The first kappa shape index (κ1) is 16.1. The Kier molecular flexibility index (Phi) is 4.23. The van der Waals surface area contributed by atoms with Crippen LogP contribution in [0.25, 0.3) is 0 Å². The molecule has 0 bridgehead atoms. The highest BCUT2D eigenvalue weighted by molar-refractivity contribution is 5.44. The van der Waals surface area contributed by atoms with E-state index in [0.717, 1.165) is 29.7 Å². The Hall–Kier alpha value is -3.41. The van der Waals surface area contributed by atoms with E-state index in [1.807, 2.05) is 36.4 Å². The van der Waals surface area contributed by atoms with Gasteiger partial charge in [0.2, 0.25) is 5.88 Å². The molecule has 1 unspecified atom stereocenters. The number of hydrogen-bond donors (Lipinski definition) is 0. The highest BCUT2D eigenvalue weighted by Crippen LogP contribution is 2.37. The number of aromatic nitrogens is 1. The molecule has 2 heterocycles. The van der Waals surface area contributed by atoms with Gasteiger partial charge in [-0.3, -0.25) is 10.1 Å². The summed E-state index contributed by atoms with van der Waals surface area (Å²) in [6.45, 7) is 0. The summed E-state index contributed by atoms with van der Waals surface area (Å²) < 4.78 is 11.9. The number of ether oxygens (including phenoxy) is 2. The number of rotatable bonds is 4. The summed E-state index contributed by atoms with van der Waals surface area (Å²) in [5.41, 5.74) is 2.22. The number of aryl methyl sites for hydroxylation is 1. The molecule has 6 heteroatoms. The normalized spacial score (nSPS) is 15.6. The maximum atomic E-state index is 10.7. The number of hydrogen-bond acceptors (Lipinski definition) is 5. The van der Waals surface area contributed by atoms with Gasteiger partial charge in [0.1, 0.15) is 23.8 Å². The molecule has 3 aromatic rings. The van der Waals surface area contributed by atoms with E-state index >= 15 is 0 Å². The first-order valence-corrected chi connectivity index (χ1v) is 8.32. The zero-order valence-electron chi connectivity index (χ0n) is 13.9. The van der Waals surface area contributed by atoms with Gasteiger partial charge in [-0.2, -0.15) is 0 Å². The predicted octanol–water partition coefficient (Wildman–Crippen LogP) is 4.85. The zero-order chi connectivity index (χ0) is 17.9. The van der Waals surface area contributed by atoms with E-state index in [1.165, 1.54) is 18.3 Å². The molecule has 1 aromatic heterocycles. The van der Waals surface area contributed by atoms with Gasteiger partial charge in [0.15, 0.2) is 0 Å². The van der Waals surface area contributed by atoms with Crippen LogP contribution >= 0.6 is 0 Å². The average molecular weight is 348 g/mol. The molecule has 0 radical (unpaired) electrons. The van der Waals surface area contributed by atoms with Crippen LogP contribution in [0.1, 0.15) is 23.7 Å². The minimum atomic E-state index is -0.493. The summed E-state index contributed by atoms with van der Waals surface area (Å²) in [6.07, 6.45) is 3.07. The zero-order valence-corrected chi connectivity index (χ0v) is 13.9. The SMILES string of the molecule is O=[N+]([O-])c1ccc(Oc2ccc3c(c2)OC(c2ccccc2)CC3)nc1. The van der Waals surface area contributed by atoms with Crippen LogP contribution in [-0.2, 0) is 6.42 Å². The fourth-order valence-electron chi connectivity index (χ4n) is 2.98. The monoisotopic (exact) mass is 348 g/mol. The molecule has 26 heavy (non-hydrogen) atoms. The second kappa shape index (κ2) is 6.84. The van der Waals surface area contributed by atoms with Gasteiger partial charge in [0, 0.05) is 18.2 Å². The molecule has 0 N–H and O–H groups in total. The number of nitro groups is 1. The molecule has 0 spiro atoms. The molecule has 6 nitrogen and oxygen atoms in total. The Bertz CT molecular complexity index is 926. The van der Waals surface area contributed by atoms with Crippen molar-refractivity contribution in [3.63, 3.8) is 0 Å². The van der Waals surface area contributed by atoms with Crippen molar-refractivity contribution in [2.24, 2.45) is 0 Å². The summed E-state index contributed by atoms with van der Waals surface area (Å²) in [5, 5.41) is 10.7. The molecule has 4 rings (SSSR count). The largest absolute Gasteiger partial charge is 0.485 e. The molecule has 1 aliphatic rings. The standard InChI is InChI=1S/C20H16N2O4/c23-22(24)16-8-11-20(21-13-16)25-17-9-6-15-7-10-18(26-19(15)12-17)14-4-2-1-3-5-14/h1-6,8-9,11-13,18H,7,10H2. The van der Waals surface area contributed by atoms with E-state index in [-0.39, 0.29) is 11.8 Å². The van der Waals surface area contributed by atoms with Gasteiger partial charge in [0.25, 0.3) is 5.69 Å². The van der Waals surface area contributed by atoms with E-state index in [0.29, 0.717) is 11.6 Å². The lowest BCUT2D eigenvalue weighted by atomic mass is 9.97. The van der Waals surface area contributed by atoms with Gasteiger partial charge in [-0.05, 0) is 30.0 Å². The Morgan fingerprint density at radius 1 is 1.12 bits per heavy atom. The van der Waals surface area contributed by atoms with Crippen LogP contribution in [0.2, 0.25) is 0 Å². The third-order valence-electron chi connectivity index (χ3n) is 4.31. The Balaban J connectivity index is 1.52. The van der Waals surface area contributed by atoms with Crippen LogP contribution in [0, 0.1) is 10.1 Å². The van der Waals surface area contributed by atoms with Gasteiger partial charge in [-0.1, -0.05) is 36.4 Å². The highest BCUT2D eigenvalue weighted by atomic mass is 16.6. The van der Waals surface area contributed by atoms with Gasteiger partial charge in [-0.15, -0.1) is 0 Å². The third kappa shape index (κ3) is 3.35.